The molecule has 3 nitrogen and oxygen atoms in total. The SMILES string of the molecule is Cn1c(C2NCC3CCCC32)nc2cccc(Cl)c21. The van der Waals surface area contributed by atoms with Gasteiger partial charge in [-0.15, -0.1) is 0 Å². The minimum atomic E-state index is 0.404. The lowest BCUT2D eigenvalue weighted by molar-refractivity contribution is 0.402. The predicted octanol–water partition coefficient (Wildman–Crippen LogP) is 3.29. The third kappa shape index (κ3) is 1.65. The van der Waals surface area contributed by atoms with Gasteiger partial charge >= 0.3 is 0 Å². The highest BCUT2D eigenvalue weighted by atomic mass is 35.5. The van der Waals surface area contributed by atoms with Crippen LogP contribution < -0.4 is 5.32 Å². The molecule has 1 saturated heterocycles. The Hall–Kier alpha value is -1.06. The van der Waals surface area contributed by atoms with Gasteiger partial charge in [-0.2, -0.15) is 0 Å². The first kappa shape index (κ1) is 11.7. The maximum absolute atomic E-state index is 6.31. The second-order valence-corrected chi connectivity index (χ2v) is 6.28. The average molecular weight is 276 g/mol. The van der Waals surface area contributed by atoms with Gasteiger partial charge in [0.25, 0.3) is 0 Å². The number of aryl methyl sites for hydroxylation is 1. The Labute approximate surface area is 118 Å². The van der Waals surface area contributed by atoms with Gasteiger partial charge in [-0.3, -0.25) is 0 Å². The van der Waals surface area contributed by atoms with Crippen molar-refractivity contribution >= 4 is 22.6 Å². The van der Waals surface area contributed by atoms with Crippen molar-refractivity contribution in [1.82, 2.24) is 14.9 Å². The molecule has 4 heteroatoms. The van der Waals surface area contributed by atoms with Crippen molar-refractivity contribution < 1.29 is 0 Å². The minimum absolute atomic E-state index is 0.404. The van der Waals surface area contributed by atoms with Crippen LogP contribution in [0, 0.1) is 11.8 Å². The number of hydrogen-bond acceptors (Lipinski definition) is 2. The van der Waals surface area contributed by atoms with E-state index in [0.29, 0.717) is 6.04 Å². The molecule has 0 bridgehead atoms. The summed E-state index contributed by atoms with van der Waals surface area (Å²) in [6.07, 6.45) is 4.08. The van der Waals surface area contributed by atoms with Gasteiger partial charge in [0.05, 0.1) is 22.1 Å². The lowest BCUT2D eigenvalue weighted by atomic mass is 9.94. The highest BCUT2D eigenvalue weighted by Crippen LogP contribution is 2.44. The van der Waals surface area contributed by atoms with Crippen molar-refractivity contribution in [1.29, 1.82) is 0 Å². The third-order valence-electron chi connectivity index (χ3n) is 4.90. The number of halogens is 1. The molecule has 2 heterocycles. The zero-order chi connectivity index (χ0) is 13.0. The van der Waals surface area contributed by atoms with Crippen LogP contribution in [-0.2, 0) is 7.05 Å². The molecule has 4 rings (SSSR count). The van der Waals surface area contributed by atoms with Crippen LogP contribution in [0.3, 0.4) is 0 Å². The molecule has 100 valence electrons. The summed E-state index contributed by atoms with van der Waals surface area (Å²) < 4.78 is 2.18. The van der Waals surface area contributed by atoms with Gasteiger partial charge in [0.15, 0.2) is 0 Å². The van der Waals surface area contributed by atoms with E-state index in [-0.39, 0.29) is 0 Å². The van der Waals surface area contributed by atoms with E-state index in [1.54, 1.807) is 0 Å². The molecule has 2 fully saturated rings. The maximum atomic E-state index is 6.31. The first-order chi connectivity index (χ1) is 9.25. The van der Waals surface area contributed by atoms with Gasteiger partial charge < -0.3 is 9.88 Å². The lowest BCUT2D eigenvalue weighted by Crippen LogP contribution is -2.21. The van der Waals surface area contributed by atoms with Gasteiger partial charge in [0.1, 0.15) is 5.82 Å². The van der Waals surface area contributed by atoms with Gasteiger partial charge in [-0.1, -0.05) is 24.1 Å². The van der Waals surface area contributed by atoms with Crippen LogP contribution >= 0.6 is 11.6 Å². The topological polar surface area (TPSA) is 29.9 Å². The molecule has 0 radical (unpaired) electrons. The average Bonchev–Trinajstić information content (AvgIpc) is 3.04. The molecule has 0 spiro atoms. The van der Waals surface area contributed by atoms with Crippen molar-refractivity contribution in [2.24, 2.45) is 18.9 Å². The molecule has 1 N–H and O–H groups in total. The zero-order valence-electron chi connectivity index (χ0n) is 11.1. The molecular weight excluding hydrogens is 258 g/mol. The summed E-state index contributed by atoms with van der Waals surface area (Å²) in [5, 5.41) is 4.46. The van der Waals surface area contributed by atoms with Crippen LogP contribution in [-0.4, -0.2) is 16.1 Å². The van der Waals surface area contributed by atoms with Crippen LogP contribution in [0.5, 0.6) is 0 Å². The Bertz CT molecular complexity index is 634. The number of para-hydroxylation sites is 1. The number of benzene rings is 1. The number of hydrogen-bond donors (Lipinski definition) is 1. The second-order valence-electron chi connectivity index (χ2n) is 5.88. The standard InChI is InChI=1S/C15H18ClN3/c1-19-14-11(16)6-3-7-12(14)18-15(19)13-10-5-2-4-9(10)8-17-13/h3,6-7,9-10,13,17H,2,4-5,8H2,1H3. The highest BCUT2D eigenvalue weighted by molar-refractivity contribution is 6.35. The van der Waals surface area contributed by atoms with Crippen molar-refractivity contribution in [3.8, 4) is 0 Å². The Morgan fingerprint density at radius 3 is 3.11 bits per heavy atom. The normalized spacial score (nSPS) is 30.1. The van der Waals surface area contributed by atoms with Crippen LogP contribution in [0.25, 0.3) is 11.0 Å². The third-order valence-corrected chi connectivity index (χ3v) is 5.21. The van der Waals surface area contributed by atoms with Gasteiger partial charge in [-0.25, -0.2) is 4.98 Å². The van der Waals surface area contributed by atoms with Crippen molar-refractivity contribution in [3.05, 3.63) is 29.0 Å². The largest absolute Gasteiger partial charge is 0.329 e. The Balaban J connectivity index is 1.83. The first-order valence-corrected chi connectivity index (χ1v) is 7.47. The van der Waals surface area contributed by atoms with E-state index in [1.165, 1.54) is 19.3 Å². The van der Waals surface area contributed by atoms with Gasteiger partial charge in [0.2, 0.25) is 0 Å². The molecule has 2 aliphatic rings. The summed E-state index contributed by atoms with van der Waals surface area (Å²) in [4.78, 5) is 4.83. The first-order valence-electron chi connectivity index (χ1n) is 7.10. The van der Waals surface area contributed by atoms with E-state index in [0.717, 1.165) is 40.3 Å². The molecule has 19 heavy (non-hydrogen) atoms. The van der Waals surface area contributed by atoms with Gasteiger partial charge in [0, 0.05) is 7.05 Å². The van der Waals surface area contributed by atoms with E-state index >= 15 is 0 Å². The van der Waals surface area contributed by atoms with Crippen molar-refractivity contribution in [3.63, 3.8) is 0 Å². The molecule has 0 amide bonds. The van der Waals surface area contributed by atoms with Crippen molar-refractivity contribution in [2.45, 2.75) is 25.3 Å². The van der Waals surface area contributed by atoms with Crippen LogP contribution in [0.2, 0.25) is 5.02 Å². The fourth-order valence-corrected chi connectivity index (χ4v) is 4.28. The molecule has 1 aliphatic carbocycles. The van der Waals surface area contributed by atoms with E-state index in [9.17, 15) is 0 Å². The van der Waals surface area contributed by atoms with Gasteiger partial charge in [-0.05, 0) is 43.4 Å². The van der Waals surface area contributed by atoms with Crippen LogP contribution in [0.4, 0.5) is 0 Å². The van der Waals surface area contributed by atoms with E-state index in [1.807, 2.05) is 18.2 Å². The summed E-state index contributed by atoms with van der Waals surface area (Å²) in [5.74, 6) is 2.76. The Kier molecular flexibility index (Phi) is 2.61. The molecular formula is C15H18ClN3. The molecule has 1 saturated carbocycles. The second kappa shape index (κ2) is 4.22. The number of aromatic nitrogens is 2. The Morgan fingerprint density at radius 1 is 1.37 bits per heavy atom. The van der Waals surface area contributed by atoms with Crippen molar-refractivity contribution in [2.75, 3.05) is 6.54 Å². The number of fused-ring (bicyclic) bond motifs is 2. The number of rotatable bonds is 1. The molecule has 1 aromatic heterocycles. The summed E-state index contributed by atoms with van der Waals surface area (Å²) in [7, 11) is 2.08. The summed E-state index contributed by atoms with van der Waals surface area (Å²) in [5.41, 5.74) is 2.07. The van der Waals surface area contributed by atoms with E-state index in [2.05, 4.69) is 16.9 Å². The molecule has 1 aliphatic heterocycles. The summed E-state index contributed by atoms with van der Waals surface area (Å²) in [6, 6.07) is 6.37. The monoisotopic (exact) mass is 275 g/mol. The molecule has 2 aromatic rings. The predicted molar refractivity (Wildman–Crippen MR) is 77.3 cm³/mol. The van der Waals surface area contributed by atoms with E-state index < -0.39 is 0 Å². The lowest BCUT2D eigenvalue weighted by Gasteiger charge is -2.17. The summed E-state index contributed by atoms with van der Waals surface area (Å²) >= 11 is 6.31. The number of nitrogens with zero attached hydrogens (tertiary/aromatic N) is 2. The zero-order valence-corrected chi connectivity index (χ0v) is 11.8. The smallest absolute Gasteiger partial charge is 0.127 e. The highest BCUT2D eigenvalue weighted by Gasteiger charge is 2.41. The maximum Gasteiger partial charge on any atom is 0.127 e. The quantitative estimate of drug-likeness (QED) is 0.866. The number of nitrogens with one attached hydrogen (secondary N) is 1. The summed E-state index contributed by atoms with van der Waals surface area (Å²) in [6.45, 7) is 1.15. The van der Waals surface area contributed by atoms with Crippen LogP contribution in [0.1, 0.15) is 31.1 Å². The number of imidazole rings is 1. The Morgan fingerprint density at radius 2 is 2.26 bits per heavy atom. The fourth-order valence-electron chi connectivity index (χ4n) is 3.99. The fraction of sp³-hybridized carbons (Fsp3) is 0.533. The van der Waals surface area contributed by atoms with Crippen LogP contribution in [0.15, 0.2) is 18.2 Å². The molecule has 3 atom stereocenters. The molecule has 1 aromatic carbocycles. The van der Waals surface area contributed by atoms with E-state index in [4.69, 9.17) is 16.6 Å². The molecule has 3 unspecified atom stereocenters. The minimum Gasteiger partial charge on any atom is -0.329 e.